The zero-order valence-corrected chi connectivity index (χ0v) is 23.0. The number of ether oxygens (including phenoxy) is 2. The number of carbonyl (C=O) groups excluding carboxylic acids is 2. The molecule has 1 heterocycles. The minimum Gasteiger partial charge on any atom is -0.496 e. The Morgan fingerprint density at radius 2 is 1.88 bits per heavy atom. The van der Waals surface area contributed by atoms with Crippen LogP contribution in [0, 0.1) is 6.92 Å². The Balaban J connectivity index is 1.47. The molecule has 3 aromatic carbocycles. The third kappa shape index (κ3) is 6.22. The minimum atomic E-state index is -4.25. The van der Waals surface area contributed by atoms with E-state index in [1.54, 1.807) is 19.1 Å². The number of aryl methyl sites for hydroxylation is 2. The number of aromatic nitrogens is 1. The van der Waals surface area contributed by atoms with Gasteiger partial charge in [-0.3, -0.25) is 10.1 Å². The van der Waals surface area contributed by atoms with E-state index in [0.717, 1.165) is 16.8 Å². The topological polar surface area (TPSA) is 116 Å². The lowest BCUT2D eigenvalue weighted by Gasteiger charge is -2.13. The van der Waals surface area contributed by atoms with E-state index >= 15 is 0 Å². The predicted octanol–water partition coefficient (Wildman–Crippen LogP) is 5.70. The van der Waals surface area contributed by atoms with Crippen LogP contribution in [0.3, 0.4) is 0 Å². The Morgan fingerprint density at radius 3 is 2.61 bits per heavy atom. The molecule has 1 fully saturated rings. The number of amides is 2. The van der Waals surface area contributed by atoms with E-state index in [0.29, 0.717) is 5.56 Å². The highest BCUT2D eigenvalue weighted by Gasteiger charge is 2.22. The summed E-state index contributed by atoms with van der Waals surface area (Å²) in [6.45, 7) is -1.16. The SMILES string of the molecule is [2H]C([2H])(c1ccc(C(=O)NS(=O)(=O)c2ccccc2C)cc1OC)c1cn(C([2H])([2H])[2H])c2ccc(NC(=O)OC3CC([2H])([2H])C([2H])([2H])C3)cc12. The van der Waals surface area contributed by atoms with Crippen LogP contribution in [0.4, 0.5) is 10.5 Å². The molecule has 5 rings (SSSR count). The first kappa shape index (κ1) is 18.9. The maximum Gasteiger partial charge on any atom is 0.411 e. The van der Waals surface area contributed by atoms with Crippen molar-refractivity contribution in [2.24, 2.45) is 6.98 Å². The van der Waals surface area contributed by atoms with Crippen molar-refractivity contribution in [1.29, 1.82) is 0 Å². The molecule has 0 spiro atoms. The molecule has 1 aromatic heterocycles. The highest BCUT2D eigenvalue weighted by Crippen LogP contribution is 2.30. The summed E-state index contributed by atoms with van der Waals surface area (Å²) >= 11 is 0. The molecular weight excluding hydrogens is 542 g/mol. The fraction of sp³-hybridized carbons (Fsp3) is 0.290. The summed E-state index contributed by atoms with van der Waals surface area (Å²) < 4.78 is 113. The van der Waals surface area contributed by atoms with Crippen LogP contribution in [-0.2, 0) is 28.1 Å². The fourth-order valence-corrected chi connectivity index (χ4v) is 5.63. The molecule has 0 atom stereocenters. The predicted molar refractivity (Wildman–Crippen MR) is 157 cm³/mol. The molecule has 10 heteroatoms. The molecule has 0 unspecified atom stereocenters. The van der Waals surface area contributed by atoms with E-state index in [1.165, 1.54) is 49.6 Å². The van der Waals surface area contributed by atoms with E-state index < -0.39 is 54.2 Å². The number of benzene rings is 3. The van der Waals surface area contributed by atoms with Crippen molar-refractivity contribution in [3.8, 4) is 5.75 Å². The van der Waals surface area contributed by atoms with Crippen molar-refractivity contribution in [2.45, 2.75) is 49.9 Å². The Labute approximate surface area is 252 Å². The molecule has 9 nitrogen and oxygen atoms in total. The average molecular weight is 585 g/mol. The second-order valence-electron chi connectivity index (χ2n) is 9.30. The van der Waals surface area contributed by atoms with E-state index in [2.05, 4.69) is 5.32 Å². The van der Waals surface area contributed by atoms with Gasteiger partial charge in [-0.1, -0.05) is 24.3 Å². The third-order valence-corrected chi connectivity index (χ3v) is 7.94. The number of hydrogen-bond acceptors (Lipinski definition) is 6. The second-order valence-corrected chi connectivity index (χ2v) is 10.9. The van der Waals surface area contributed by atoms with Crippen molar-refractivity contribution in [3.63, 3.8) is 0 Å². The van der Waals surface area contributed by atoms with Crippen LogP contribution in [0.15, 0.2) is 71.8 Å². The quantitative estimate of drug-likeness (QED) is 0.275. The van der Waals surface area contributed by atoms with Crippen LogP contribution in [0.25, 0.3) is 10.9 Å². The van der Waals surface area contributed by atoms with Crippen LogP contribution < -0.4 is 14.8 Å². The zero-order valence-electron chi connectivity index (χ0n) is 31.1. The van der Waals surface area contributed by atoms with Gasteiger partial charge in [-0.25, -0.2) is 17.9 Å². The van der Waals surface area contributed by atoms with Gasteiger partial charge >= 0.3 is 6.09 Å². The highest BCUT2D eigenvalue weighted by molar-refractivity contribution is 7.90. The molecular formula is C31H33N3O6S. The molecule has 41 heavy (non-hydrogen) atoms. The van der Waals surface area contributed by atoms with Gasteiger partial charge in [-0.15, -0.1) is 0 Å². The number of methoxy groups -OCH3 is 1. The number of anilines is 1. The number of fused-ring (bicyclic) bond motifs is 1. The highest BCUT2D eigenvalue weighted by atomic mass is 32.2. The number of sulfonamides is 1. The molecule has 1 aliphatic rings. The maximum absolute atomic E-state index is 13.0. The van der Waals surface area contributed by atoms with Gasteiger partial charge in [0.15, 0.2) is 0 Å². The van der Waals surface area contributed by atoms with E-state index in [-0.39, 0.29) is 56.8 Å². The lowest BCUT2D eigenvalue weighted by Crippen LogP contribution is -2.31. The standard InChI is InChI=1S/C31H33N3O6S/c1-20-8-4-7-11-29(20)41(37,38)33-30(35)22-13-12-21(28(17-22)39-3)16-23-19-34(2)27-15-14-24(18-26(23)27)32-31(36)40-25-9-5-6-10-25/h4,7-8,11-15,17-19,25H,5-6,9-10,16H2,1-3H3,(H,32,36)(H,33,35)/i2D3,5D2,6D2,16D2. The molecule has 1 saturated carbocycles. The van der Waals surface area contributed by atoms with Crippen LogP contribution >= 0.6 is 0 Å². The molecule has 0 saturated heterocycles. The van der Waals surface area contributed by atoms with Gasteiger partial charge in [-0.2, -0.15) is 0 Å². The maximum atomic E-state index is 13.0. The summed E-state index contributed by atoms with van der Waals surface area (Å²) in [6, 6.07) is 13.8. The lowest BCUT2D eigenvalue weighted by molar-refractivity contribution is 0.0980. The van der Waals surface area contributed by atoms with Crippen molar-refractivity contribution in [1.82, 2.24) is 9.29 Å². The largest absolute Gasteiger partial charge is 0.496 e. The Morgan fingerprint density at radius 1 is 1.10 bits per heavy atom. The summed E-state index contributed by atoms with van der Waals surface area (Å²) in [7, 11) is -3.02. The van der Waals surface area contributed by atoms with Crippen molar-refractivity contribution >= 4 is 38.6 Å². The normalized spacial score (nSPS) is 20.1. The molecule has 2 N–H and O–H groups in total. The minimum absolute atomic E-state index is 0.0840. The Hall–Kier alpha value is -4.31. The van der Waals surface area contributed by atoms with Gasteiger partial charge in [-0.05, 0) is 85.6 Å². The van der Waals surface area contributed by atoms with E-state index in [4.69, 9.17) is 21.8 Å². The number of nitrogens with zero attached hydrogens (tertiary/aromatic N) is 1. The fourth-order valence-electron chi connectivity index (χ4n) is 4.41. The van der Waals surface area contributed by atoms with Crippen LogP contribution in [0.5, 0.6) is 5.75 Å². The molecule has 1 aliphatic carbocycles. The van der Waals surface area contributed by atoms with E-state index in [9.17, 15) is 18.0 Å². The van der Waals surface area contributed by atoms with Crippen LogP contribution in [0.1, 0.15) is 65.0 Å². The van der Waals surface area contributed by atoms with Crippen LogP contribution in [0.2, 0.25) is 0 Å². The third-order valence-electron chi connectivity index (χ3n) is 6.45. The van der Waals surface area contributed by atoms with Crippen LogP contribution in [-0.4, -0.2) is 38.2 Å². The monoisotopic (exact) mass is 584 g/mol. The van der Waals surface area contributed by atoms with Crippen molar-refractivity contribution in [3.05, 3.63) is 89.1 Å². The first-order valence-electron chi connectivity index (χ1n) is 17.0. The summed E-state index contributed by atoms with van der Waals surface area (Å²) in [4.78, 5) is 25.7. The Kier molecular flexibility index (Phi) is 5.38. The number of nitrogens with one attached hydrogen (secondary N) is 2. The summed E-state index contributed by atoms with van der Waals surface area (Å²) in [5, 5.41) is 2.55. The van der Waals surface area contributed by atoms with Gasteiger partial charge in [0, 0.05) is 54.0 Å². The number of hydrogen-bond donors (Lipinski definition) is 2. The van der Waals surface area contributed by atoms with Gasteiger partial charge in [0.05, 0.1) is 12.0 Å². The van der Waals surface area contributed by atoms with Gasteiger partial charge in [0.25, 0.3) is 15.9 Å². The second kappa shape index (κ2) is 11.7. The summed E-state index contributed by atoms with van der Waals surface area (Å²) in [5.41, 5.74) is 0.178. The first-order valence-corrected chi connectivity index (χ1v) is 14.0. The molecule has 0 bridgehead atoms. The number of rotatable bonds is 8. The van der Waals surface area contributed by atoms with Crippen molar-refractivity contribution in [2.75, 3.05) is 12.4 Å². The Bertz CT molecular complexity index is 2080. The summed E-state index contributed by atoms with van der Waals surface area (Å²) in [6.07, 6.45) is -8.51. The first-order chi connectivity index (χ1) is 23.1. The molecule has 4 aromatic rings. The molecule has 2 amide bonds. The van der Waals surface area contributed by atoms with Gasteiger partial charge in [0.2, 0.25) is 0 Å². The molecule has 214 valence electrons. The summed E-state index contributed by atoms with van der Waals surface area (Å²) in [5.74, 6) is -1.13. The average Bonchev–Trinajstić information content (AvgIpc) is 3.49. The zero-order chi connectivity index (χ0) is 37.0. The smallest absolute Gasteiger partial charge is 0.411 e. The van der Waals surface area contributed by atoms with Gasteiger partial charge in [0.1, 0.15) is 11.9 Å². The molecule has 0 aliphatic heterocycles. The molecule has 0 radical (unpaired) electrons. The lowest BCUT2D eigenvalue weighted by atomic mass is 10.0. The number of carbonyl (C=O) groups is 2. The van der Waals surface area contributed by atoms with Gasteiger partial charge < -0.3 is 14.0 Å². The van der Waals surface area contributed by atoms with Crippen molar-refractivity contribution < 1.29 is 39.8 Å². The van der Waals surface area contributed by atoms with E-state index in [1.807, 2.05) is 4.72 Å².